The molecule has 0 bridgehead atoms. The molecule has 0 saturated heterocycles. The van der Waals surface area contributed by atoms with Gasteiger partial charge in [0.2, 0.25) is 0 Å². The standard InChI is InChI=1S/C12H9N3OS/c1-8(16)10-2-3-11(17-10)9-6-14-12-7-13-4-5-15(9)12/h2-7H,1H3. The summed E-state index contributed by atoms with van der Waals surface area (Å²) in [5, 5.41) is 0. The predicted octanol–water partition coefficient (Wildman–Crippen LogP) is 2.66. The van der Waals surface area contributed by atoms with E-state index in [4.69, 9.17) is 0 Å². The van der Waals surface area contributed by atoms with Crippen LogP contribution in [0.15, 0.2) is 36.9 Å². The molecule has 0 radical (unpaired) electrons. The Labute approximate surface area is 102 Å². The molecule has 0 fully saturated rings. The number of hydrogen-bond acceptors (Lipinski definition) is 4. The normalized spacial score (nSPS) is 10.9. The zero-order chi connectivity index (χ0) is 11.8. The number of nitrogens with zero attached hydrogens (tertiary/aromatic N) is 3. The molecule has 3 aromatic heterocycles. The molecular weight excluding hydrogens is 234 g/mol. The van der Waals surface area contributed by atoms with Crippen molar-refractivity contribution in [3.8, 4) is 10.6 Å². The molecule has 0 amide bonds. The highest BCUT2D eigenvalue weighted by Gasteiger charge is 2.10. The van der Waals surface area contributed by atoms with Crippen molar-refractivity contribution in [2.75, 3.05) is 0 Å². The lowest BCUT2D eigenvalue weighted by Gasteiger charge is -1.96. The van der Waals surface area contributed by atoms with Crippen LogP contribution in [-0.2, 0) is 0 Å². The molecule has 0 unspecified atom stereocenters. The summed E-state index contributed by atoms with van der Waals surface area (Å²) in [5.74, 6) is 0.0942. The van der Waals surface area contributed by atoms with Gasteiger partial charge in [0, 0.05) is 12.4 Å². The molecule has 0 spiro atoms. The Balaban J connectivity index is 2.17. The molecule has 84 valence electrons. The summed E-state index contributed by atoms with van der Waals surface area (Å²) in [6.45, 7) is 1.58. The van der Waals surface area contributed by atoms with Gasteiger partial charge in [-0.25, -0.2) is 4.98 Å². The summed E-state index contributed by atoms with van der Waals surface area (Å²) >= 11 is 1.48. The Morgan fingerprint density at radius 2 is 2.24 bits per heavy atom. The van der Waals surface area contributed by atoms with Crippen molar-refractivity contribution in [1.29, 1.82) is 0 Å². The highest BCUT2D eigenvalue weighted by molar-refractivity contribution is 7.17. The van der Waals surface area contributed by atoms with Gasteiger partial charge < -0.3 is 0 Å². The number of carbonyl (C=O) groups is 1. The first-order chi connectivity index (χ1) is 8.25. The Hall–Kier alpha value is -2.01. The summed E-state index contributed by atoms with van der Waals surface area (Å²) < 4.78 is 1.96. The second kappa shape index (κ2) is 3.78. The summed E-state index contributed by atoms with van der Waals surface area (Å²) in [4.78, 5) is 21.4. The molecule has 0 atom stereocenters. The van der Waals surface area contributed by atoms with E-state index in [0.29, 0.717) is 0 Å². The average molecular weight is 243 g/mol. The third-order valence-electron chi connectivity index (χ3n) is 2.52. The van der Waals surface area contributed by atoms with Crippen LogP contribution in [0.25, 0.3) is 16.2 Å². The highest BCUT2D eigenvalue weighted by Crippen LogP contribution is 2.28. The topological polar surface area (TPSA) is 47.3 Å². The molecule has 0 aliphatic rings. The highest BCUT2D eigenvalue weighted by atomic mass is 32.1. The Morgan fingerprint density at radius 1 is 1.35 bits per heavy atom. The molecule has 3 rings (SSSR count). The number of rotatable bonds is 2. The first-order valence-corrected chi connectivity index (χ1v) is 5.95. The smallest absolute Gasteiger partial charge is 0.169 e. The van der Waals surface area contributed by atoms with Crippen LogP contribution in [0.4, 0.5) is 0 Å². The van der Waals surface area contributed by atoms with Crippen LogP contribution in [-0.4, -0.2) is 20.2 Å². The quantitative estimate of drug-likeness (QED) is 0.650. The van der Waals surface area contributed by atoms with Gasteiger partial charge in [-0.3, -0.25) is 14.2 Å². The van der Waals surface area contributed by atoms with Gasteiger partial charge in [0.15, 0.2) is 11.4 Å². The van der Waals surface area contributed by atoms with Crippen LogP contribution in [0.1, 0.15) is 16.6 Å². The summed E-state index contributed by atoms with van der Waals surface area (Å²) in [5.41, 5.74) is 1.79. The minimum atomic E-state index is 0.0942. The van der Waals surface area contributed by atoms with E-state index < -0.39 is 0 Å². The Morgan fingerprint density at radius 3 is 3.00 bits per heavy atom. The SMILES string of the molecule is CC(=O)c1ccc(-c2cnc3cnccn23)s1. The zero-order valence-corrected chi connectivity index (χ0v) is 9.94. The lowest BCUT2D eigenvalue weighted by atomic mass is 10.3. The Bertz CT molecular complexity index is 698. The minimum Gasteiger partial charge on any atom is -0.296 e. The van der Waals surface area contributed by atoms with E-state index in [2.05, 4.69) is 9.97 Å². The fourth-order valence-electron chi connectivity index (χ4n) is 1.69. The van der Waals surface area contributed by atoms with Gasteiger partial charge in [-0.15, -0.1) is 11.3 Å². The van der Waals surface area contributed by atoms with Gasteiger partial charge in [-0.05, 0) is 19.1 Å². The molecule has 17 heavy (non-hydrogen) atoms. The lowest BCUT2D eigenvalue weighted by molar-refractivity contribution is 0.102. The molecule has 0 aromatic carbocycles. The first-order valence-electron chi connectivity index (χ1n) is 5.14. The molecule has 3 heterocycles. The van der Waals surface area contributed by atoms with Crippen LogP contribution < -0.4 is 0 Å². The number of Topliss-reactive ketones (excluding diaryl/α,β-unsaturated/α-hetero) is 1. The van der Waals surface area contributed by atoms with E-state index in [1.165, 1.54) is 11.3 Å². The van der Waals surface area contributed by atoms with Gasteiger partial charge in [0.25, 0.3) is 0 Å². The lowest BCUT2D eigenvalue weighted by Crippen LogP contribution is -1.86. The van der Waals surface area contributed by atoms with Crippen molar-refractivity contribution in [3.63, 3.8) is 0 Å². The van der Waals surface area contributed by atoms with Gasteiger partial charge >= 0.3 is 0 Å². The maximum Gasteiger partial charge on any atom is 0.169 e. The van der Waals surface area contributed by atoms with Crippen LogP contribution in [0.5, 0.6) is 0 Å². The maximum atomic E-state index is 11.3. The fraction of sp³-hybridized carbons (Fsp3) is 0.0833. The fourth-order valence-corrected chi connectivity index (χ4v) is 2.60. The molecule has 4 nitrogen and oxygen atoms in total. The van der Waals surface area contributed by atoms with Crippen LogP contribution in [0.3, 0.4) is 0 Å². The second-order valence-electron chi connectivity index (χ2n) is 3.67. The summed E-state index contributed by atoms with van der Waals surface area (Å²) in [6.07, 6.45) is 7.10. The second-order valence-corrected chi connectivity index (χ2v) is 4.75. The van der Waals surface area contributed by atoms with Gasteiger partial charge in [-0.1, -0.05) is 0 Å². The van der Waals surface area contributed by atoms with Crippen molar-refractivity contribution >= 4 is 22.8 Å². The third-order valence-corrected chi connectivity index (χ3v) is 3.73. The Kier molecular flexibility index (Phi) is 2.26. The first kappa shape index (κ1) is 10.2. The van der Waals surface area contributed by atoms with Crippen LogP contribution in [0, 0.1) is 0 Å². The van der Waals surface area contributed by atoms with Crippen molar-refractivity contribution in [2.24, 2.45) is 0 Å². The van der Waals surface area contributed by atoms with E-state index in [-0.39, 0.29) is 5.78 Å². The third kappa shape index (κ3) is 1.64. The van der Waals surface area contributed by atoms with E-state index in [1.807, 2.05) is 22.7 Å². The van der Waals surface area contributed by atoms with Gasteiger partial charge in [-0.2, -0.15) is 0 Å². The molecular formula is C12H9N3OS. The van der Waals surface area contributed by atoms with E-state index in [1.54, 1.807) is 25.5 Å². The van der Waals surface area contributed by atoms with E-state index in [9.17, 15) is 4.79 Å². The van der Waals surface area contributed by atoms with Crippen LogP contribution >= 0.6 is 11.3 Å². The zero-order valence-electron chi connectivity index (χ0n) is 9.12. The minimum absolute atomic E-state index is 0.0942. The van der Waals surface area contributed by atoms with Gasteiger partial charge in [0.1, 0.15) is 0 Å². The molecule has 3 aromatic rings. The maximum absolute atomic E-state index is 11.3. The molecule has 0 aliphatic carbocycles. The van der Waals surface area contributed by atoms with E-state index in [0.717, 1.165) is 21.1 Å². The van der Waals surface area contributed by atoms with Crippen molar-refractivity contribution < 1.29 is 4.79 Å². The number of aromatic nitrogens is 3. The molecule has 5 heteroatoms. The molecule has 0 saturated carbocycles. The monoisotopic (exact) mass is 243 g/mol. The van der Waals surface area contributed by atoms with Crippen LogP contribution in [0.2, 0.25) is 0 Å². The number of imidazole rings is 1. The van der Waals surface area contributed by atoms with E-state index >= 15 is 0 Å². The number of carbonyl (C=O) groups excluding carboxylic acids is 1. The number of ketones is 1. The predicted molar refractivity (Wildman–Crippen MR) is 66.3 cm³/mol. The number of thiophene rings is 1. The number of fused-ring (bicyclic) bond motifs is 1. The summed E-state index contributed by atoms with van der Waals surface area (Å²) in [7, 11) is 0. The van der Waals surface area contributed by atoms with Gasteiger partial charge in [0.05, 0.1) is 27.8 Å². The number of hydrogen-bond donors (Lipinski definition) is 0. The van der Waals surface area contributed by atoms with Crippen molar-refractivity contribution in [3.05, 3.63) is 41.8 Å². The van der Waals surface area contributed by atoms with Crippen molar-refractivity contribution in [1.82, 2.24) is 14.4 Å². The average Bonchev–Trinajstić information content (AvgIpc) is 2.95. The summed E-state index contributed by atoms with van der Waals surface area (Å²) in [6, 6.07) is 3.80. The largest absolute Gasteiger partial charge is 0.296 e. The molecule has 0 aliphatic heterocycles. The van der Waals surface area contributed by atoms with Crippen molar-refractivity contribution in [2.45, 2.75) is 6.92 Å². The molecule has 0 N–H and O–H groups in total.